The lowest BCUT2D eigenvalue weighted by Gasteiger charge is -2.38. The Balaban J connectivity index is 2.25. The number of halogens is 1. The van der Waals surface area contributed by atoms with Crippen molar-refractivity contribution in [3.8, 4) is 11.5 Å². The van der Waals surface area contributed by atoms with Crippen molar-refractivity contribution in [2.24, 2.45) is 4.99 Å². The first-order valence-electron chi connectivity index (χ1n) is 5.88. The lowest BCUT2D eigenvalue weighted by molar-refractivity contribution is 0.111. The van der Waals surface area contributed by atoms with Gasteiger partial charge in [-0.2, -0.15) is 4.99 Å². The molecule has 2 aliphatic rings. The van der Waals surface area contributed by atoms with E-state index < -0.39 is 5.54 Å². The number of aldehydes is 1. The van der Waals surface area contributed by atoms with Crippen molar-refractivity contribution < 1.29 is 19.1 Å². The number of benzene rings is 1. The summed E-state index contributed by atoms with van der Waals surface area (Å²) in [6, 6.07) is 1.68. The molecule has 1 heterocycles. The molecule has 0 atom stereocenters. The van der Waals surface area contributed by atoms with Gasteiger partial charge in [0.2, 0.25) is 12.9 Å². The highest BCUT2D eigenvalue weighted by Gasteiger charge is 2.45. The Morgan fingerprint density at radius 2 is 2.11 bits per heavy atom. The summed E-state index contributed by atoms with van der Waals surface area (Å²) in [6.45, 7) is 0.0700. The lowest BCUT2D eigenvalue weighted by atomic mass is 9.72. The van der Waals surface area contributed by atoms with Gasteiger partial charge in [-0.05, 0) is 25.3 Å². The van der Waals surface area contributed by atoms with Gasteiger partial charge < -0.3 is 9.47 Å². The van der Waals surface area contributed by atoms with Gasteiger partial charge in [0.15, 0.2) is 17.8 Å². The summed E-state index contributed by atoms with van der Waals surface area (Å²) >= 11 is 3.44. The first kappa shape index (κ1) is 12.4. The number of carbonyl (C=O) groups is 1. The van der Waals surface area contributed by atoms with Crippen LogP contribution in [0.1, 0.15) is 35.2 Å². The van der Waals surface area contributed by atoms with E-state index >= 15 is 0 Å². The number of hydrogen-bond donors (Lipinski definition) is 0. The standard InChI is InChI=1S/C13H10BrNO4/c14-9-4-8(5-16)11-12(19-7-18-11)10(9)13(15-6-17)2-1-3-13/h4-5H,1-3,7H2. The summed E-state index contributed by atoms with van der Waals surface area (Å²) in [5.74, 6) is 0.941. The Labute approximate surface area is 117 Å². The van der Waals surface area contributed by atoms with Crippen LogP contribution in [0.2, 0.25) is 0 Å². The van der Waals surface area contributed by atoms with Gasteiger partial charge in [-0.3, -0.25) is 4.79 Å². The van der Waals surface area contributed by atoms with Crippen LogP contribution < -0.4 is 9.47 Å². The Bertz CT molecular complexity index is 603. The topological polar surface area (TPSA) is 65.0 Å². The minimum Gasteiger partial charge on any atom is -0.453 e. The number of aliphatic imine (C=N–C) groups is 1. The smallest absolute Gasteiger partial charge is 0.235 e. The van der Waals surface area contributed by atoms with Gasteiger partial charge in [-0.1, -0.05) is 15.9 Å². The molecule has 1 saturated carbocycles. The summed E-state index contributed by atoms with van der Waals surface area (Å²) in [7, 11) is 0. The van der Waals surface area contributed by atoms with E-state index in [1.165, 1.54) is 0 Å². The molecule has 1 aliphatic heterocycles. The second kappa shape index (κ2) is 4.47. The minimum absolute atomic E-state index is 0.0700. The van der Waals surface area contributed by atoms with Gasteiger partial charge >= 0.3 is 0 Å². The molecule has 0 N–H and O–H groups in total. The van der Waals surface area contributed by atoms with Crippen molar-refractivity contribution in [2.45, 2.75) is 24.8 Å². The summed E-state index contributed by atoms with van der Waals surface area (Å²) in [5.41, 5.74) is 0.604. The van der Waals surface area contributed by atoms with Crippen molar-refractivity contribution in [1.82, 2.24) is 0 Å². The molecule has 0 radical (unpaired) electrons. The number of fused-ring (bicyclic) bond motifs is 1. The molecule has 1 aliphatic carbocycles. The lowest BCUT2D eigenvalue weighted by Crippen LogP contribution is -2.32. The van der Waals surface area contributed by atoms with Crippen LogP contribution in [0, 0.1) is 0 Å². The molecule has 3 rings (SSSR count). The average Bonchev–Trinajstić information content (AvgIpc) is 2.82. The molecular weight excluding hydrogens is 314 g/mol. The molecule has 0 spiro atoms. The van der Waals surface area contributed by atoms with Crippen LogP contribution in [0.3, 0.4) is 0 Å². The van der Waals surface area contributed by atoms with Crippen LogP contribution in [0.25, 0.3) is 0 Å². The molecular formula is C13H10BrNO4. The van der Waals surface area contributed by atoms with Gasteiger partial charge in [0.05, 0.1) is 5.56 Å². The van der Waals surface area contributed by atoms with Crippen molar-refractivity contribution in [1.29, 1.82) is 0 Å². The van der Waals surface area contributed by atoms with E-state index in [2.05, 4.69) is 20.9 Å². The fourth-order valence-electron chi connectivity index (χ4n) is 2.60. The molecule has 19 heavy (non-hydrogen) atoms. The summed E-state index contributed by atoms with van der Waals surface area (Å²) in [5, 5.41) is 0. The van der Waals surface area contributed by atoms with Gasteiger partial charge in [0, 0.05) is 10.0 Å². The molecule has 5 nitrogen and oxygen atoms in total. The third kappa shape index (κ3) is 1.71. The predicted octanol–water partition coefficient (Wildman–Crippen LogP) is 2.71. The highest BCUT2D eigenvalue weighted by molar-refractivity contribution is 9.10. The van der Waals surface area contributed by atoms with Crippen LogP contribution in [0.5, 0.6) is 11.5 Å². The van der Waals surface area contributed by atoms with E-state index in [-0.39, 0.29) is 6.79 Å². The van der Waals surface area contributed by atoms with Crippen molar-refractivity contribution in [3.05, 3.63) is 21.7 Å². The molecule has 0 unspecified atom stereocenters. The molecule has 1 aromatic carbocycles. The number of nitrogens with zero attached hydrogens (tertiary/aromatic N) is 1. The number of isocyanates is 1. The van der Waals surface area contributed by atoms with E-state index in [1.54, 1.807) is 12.1 Å². The Morgan fingerprint density at radius 3 is 2.68 bits per heavy atom. The third-order valence-corrected chi connectivity index (χ3v) is 4.28. The maximum absolute atomic E-state index is 11.0. The average molecular weight is 324 g/mol. The summed E-state index contributed by atoms with van der Waals surface area (Å²) in [6.07, 6.45) is 4.88. The quantitative estimate of drug-likeness (QED) is 0.487. The van der Waals surface area contributed by atoms with Crippen LogP contribution in [-0.4, -0.2) is 19.2 Å². The monoisotopic (exact) mass is 323 g/mol. The largest absolute Gasteiger partial charge is 0.453 e. The van der Waals surface area contributed by atoms with Crippen molar-refractivity contribution >= 4 is 28.3 Å². The highest BCUT2D eigenvalue weighted by Crippen LogP contribution is 2.54. The van der Waals surface area contributed by atoms with Gasteiger partial charge in [0.1, 0.15) is 5.54 Å². The molecule has 0 bridgehead atoms. The van der Waals surface area contributed by atoms with Gasteiger partial charge in [-0.15, -0.1) is 0 Å². The van der Waals surface area contributed by atoms with Crippen LogP contribution >= 0.6 is 15.9 Å². The predicted molar refractivity (Wildman–Crippen MR) is 69.3 cm³/mol. The fraction of sp³-hybridized carbons (Fsp3) is 0.385. The fourth-order valence-corrected chi connectivity index (χ4v) is 3.39. The molecule has 6 heteroatoms. The van der Waals surface area contributed by atoms with Gasteiger partial charge in [0.25, 0.3) is 0 Å². The Morgan fingerprint density at radius 1 is 1.37 bits per heavy atom. The van der Waals surface area contributed by atoms with Crippen molar-refractivity contribution in [3.63, 3.8) is 0 Å². The van der Waals surface area contributed by atoms with E-state index in [1.807, 2.05) is 0 Å². The maximum Gasteiger partial charge on any atom is 0.235 e. The Kier molecular flexibility index (Phi) is 2.92. The second-order valence-corrected chi connectivity index (χ2v) is 5.45. The third-order valence-electron chi connectivity index (χ3n) is 3.66. The van der Waals surface area contributed by atoms with E-state index in [0.717, 1.165) is 31.1 Å². The van der Waals surface area contributed by atoms with E-state index in [0.29, 0.717) is 21.5 Å². The van der Waals surface area contributed by atoms with E-state index in [4.69, 9.17) is 9.47 Å². The number of carbonyl (C=O) groups excluding carboxylic acids is 2. The van der Waals surface area contributed by atoms with Crippen LogP contribution in [-0.2, 0) is 10.3 Å². The number of rotatable bonds is 3. The van der Waals surface area contributed by atoms with Gasteiger partial charge in [-0.25, -0.2) is 4.79 Å². The SMILES string of the molecule is O=C=NC1(c2c(Br)cc(C=O)c3c2OCO3)CCC1. The number of hydrogen-bond acceptors (Lipinski definition) is 5. The molecule has 0 aromatic heterocycles. The normalized spacial score (nSPS) is 18.4. The summed E-state index contributed by atoms with van der Waals surface area (Å²) in [4.78, 5) is 25.7. The van der Waals surface area contributed by atoms with Crippen LogP contribution in [0.15, 0.2) is 15.5 Å². The Hall–Kier alpha value is -1.65. The highest BCUT2D eigenvalue weighted by atomic mass is 79.9. The minimum atomic E-state index is -0.597. The number of ether oxygens (including phenoxy) is 2. The van der Waals surface area contributed by atoms with Crippen molar-refractivity contribution in [2.75, 3.05) is 6.79 Å². The molecule has 0 amide bonds. The maximum atomic E-state index is 11.0. The van der Waals surface area contributed by atoms with Crippen LogP contribution in [0.4, 0.5) is 0 Å². The zero-order valence-electron chi connectivity index (χ0n) is 9.94. The molecule has 1 fully saturated rings. The first-order chi connectivity index (χ1) is 9.22. The zero-order chi connectivity index (χ0) is 13.5. The second-order valence-electron chi connectivity index (χ2n) is 4.59. The summed E-state index contributed by atoms with van der Waals surface area (Å²) < 4.78 is 11.5. The molecule has 1 aromatic rings. The molecule has 98 valence electrons. The molecule has 0 saturated heterocycles. The zero-order valence-corrected chi connectivity index (χ0v) is 11.5. The van der Waals surface area contributed by atoms with E-state index in [9.17, 15) is 9.59 Å². The first-order valence-corrected chi connectivity index (χ1v) is 6.68.